The largest absolute Gasteiger partial charge is 0.418 e. The summed E-state index contributed by atoms with van der Waals surface area (Å²) in [5, 5.41) is 4.86. The number of primary amides is 1. The SMILES string of the molecule is CCN(CC(=O)Nc1ccc(C(N)=O)cc1)CC(=O)Nc1ccccc1C(F)(F)F. The van der Waals surface area contributed by atoms with Gasteiger partial charge in [-0.05, 0) is 42.9 Å². The molecule has 0 bridgehead atoms. The third kappa shape index (κ3) is 6.59. The van der Waals surface area contributed by atoms with E-state index in [-0.39, 0.29) is 18.8 Å². The van der Waals surface area contributed by atoms with Crippen LogP contribution in [0.3, 0.4) is 0 Å². The molecule has 3 amide bonds. The Morgan fingerprint density at radius 1 is 0.933 bits per heavy atom. The lowest BCUT2D eigenvalue weighted by Gasteiger charge is -2.20. The Morgan fingerprint density at radius 3 is 2.03 bits per heavy atom. The third-order valence-corrected chi connectivity index (χ3v) is 4.14. The number of benzene rings is 2. The van der Waals surface area contributed by atoms with Crippen LogP contribution in [0.15, 0.2) is 48.5 Å². The van der Waals surface area contributed by atoms with Crippen LogP contribution in [0.5, 0.6) is 0 Å². The van der Waals surface area contributed by atoms with E-state index in [4.69, 9.17) is 5.73 Å². The lowest BCUT2D eigenvalue weighted by molar-refractivity contribution is -0.137. The molecule has 10 heteroatoms. The number of halogens is 3. The van der Waals surface area contributed by atoms with Gasteiger partial charge in [0.25, 0.3) is 0 Å². The molecular weight excluding hydrogens is 401 g/mol. The predicted octanol–water partition coefficient (Wildman–Crippen LogP) is 2.70. The van der Waals surface area contributed by atoms with Crippen LogP contribution in [0.1, 0.15) is 22.8 Å². The van der Waals surface area contributed by atoms with E-state index < -0.39 is 29.5 Å². The van der Waals surface area contributed by atoms with Crippen molar-refractivity contribution in [3.8, 4) is 0 Å². The number of likely N-dealkylation sites (N-methyl/N-ethyl adjacent to an activating group) is 1. The van der Waals surface area contributed by atoms with Gasteiger partial charge in [0.15, 0.2) is 0 Å². The fourth-order valence-corrected chi connectivity index (χ4v) is 2.63. The Kier molecular flexibility index (Phi) is 7.54. The number of amides is 3. The molecule has 0 unspecified atom stereocenters. The second-order valence-electron chi connectivity index (χ2n) is 6.38. The summed E-state index contributed by atoms with van der Waals surface area (Å²) in [6.07, 6.45) is -4.60. The van der Waals surface area contributed by atoms with Crippen molar-refractivity contribution in [3.63, 3.8) is 0 Å². The molecule has 0 saturated carbocycles. The van der Waals surface area contributed by atoms with Crippen LogP contribution in [0.2, 0.25) is 0 Å². The van der Waals surface area contributed by atoms with Gasteiger partial charge in [-0.15, -0.1) is 0 Å². The number of nitrogens with zero attached hydrogens (tertiary/aromatic N) is 1. The van der Waals surface area contributed by atoms with Crippen LogP contribution < -0.4 is 16.4 Å². The maximum absolute atomic E-state index is 13.0. The minimum absolute atomic E-state index is 0.150. The van der Waals surface area contributed by atoms with Crippen LogP contribution in [-0.2, 0) is 15.8 Å². The molecular formula is C20H21F3N4O3. The maximum Gasteiger partial charge on any atom is 0.418 e. The van der Waals surface area contributed by atoms with Crippen molar-refractivity contribution in [2.45, 2.75) is 13.1 Å². The molecule has 4 N–H and O–H groups in total. The Bertz CT molecular complexity index is 914. The normalized spacial score (nSPS) is 11.2. The lowest BCUT2D eigenvalue weighted by Crippen LogP contribution is -2.38. The highest BCUT2D eigenvalue weighted by Crippen LogP contribution is 2.34. The zero-order valence-corrected chi connectivity index (χ0v) is 16.1. The van der Waals surface area contributed by atoms with Crippen molar-refractivity contribution < 1.29 is 27.6 Å². The van der Waals surface area contributed by atoms with Gasteiger partial charge in [-0.2, -0.15) is 13.2 Å². The molecule has 0 radical (unpaired) electrons. The minimum Gasteiger partial charge on any atom is -0.366 e. The van der Waals surface area contributed by atoms with Crippen LogP contribution in [0, 0.1) is 0 Å². The van der Waals surface area contributed by atoms with Crippen LogP contribution in [0.4, 0.5) is 24.5 Å². The Labute approximate surface area is 171 Å². The van der Waals surface area contributed by atoms with Crippen molar-refractivity contribution in [1.82, 2.24) is 4.90 Å². The van der Waals surface area contributed by atoms with Gasteiger partial charge in [0.2, 0.25) is 17.7 Å². The number of nitrogens with two attached hydrogens (primary N) is 1. The first-order chi connectivity index (χ1) is 14.1. The zero-order valence-electron chi connectivity index (χ0n) is 16.1. The fraction of sp³-hybridized carbons (Fsp3) is 0.250. The summed E-state index contributed by atoms with van der Waals surface area (Å²) in [7, 11) is 0. The molecule has 30 heavy (non-hydrogen) atoms. The molecule has 0 aliphatic carbocycles. The van der Waals surface area contributed by atoms with Gasteiger partial charge in [0, 0.05) is 11.3 Å². The predicted molar refractivity (Wildman–Crippen MR) is 106 cm³/mol. The van der Waals surface area contributed by atoms with Crippen molar-refractivity contribution in [2.24, 2.45) is 5.73 Å². The van der Waals surface area contributed by atoms with E-state index in [1.54, 1.807) is 6.92 Å². The molecule has 0 aromatic heterocycles. The van der Waals surface area contributed by atoms with Gasteiger partial charge < -0.3 is 16.4 Å². The zero-order chi connectivity index (χ0) is 22.3. The number of rotatable bonds is 8. The van der Waals surface area contributed by atoms with Gasteiger partial charge in [-0.25, -0.2) is 0 Å². The molecule has 0 fully saturated rings. The summed E-state index contributed by atoms with van der Waals surface area (Å²) in [5.74, 6) is -1.69. The summed E-state index contributed by atoms with van der Waals surface area (Å²) >= 11 is 0. The van der Waals surface area contributed by atoms with Crippen molar-refractivity contribution in [2.75, 3.05) is 30.3 Å². The van der Waals surface area contributed by atoms with Gasteiger partial charge in [-0.1, -0.05) is 19.1 Å². The first kappa shape index (κ1) is 22.9. The van der Waals surface area contributed by atoms with E-state index in [2.05, 4.69) is 10.6 Å². The highest BCUT2D eigenvalue weighted by Gasteiger charge is 2.33. The van der Waals surface area contributed by atoms with Gasteiger partial charge in [0.05, 0.1) is 24.3 Å². The number of hydrogen-bond acceptors (Lipinski definition) is 4. The molecule has 2 aromatic carbocycles. The first-order valence-electron chi connectivity index (χ1n) is 8.98. The molecule has 2 rings (SSSR count). The number of carbonyl (C=O) groups excluding carboxylic acids is 3. The average Bonchev–Trinajstić information content (AvgIpc) is 2.67. The molecule has 0 heterocycles. The quantitative estimate of drug-likeness (QED) is 0.608. The first-order valence-corrected chi connectivity index (χ1v) is 8.98. The molecule has 0 aliphatic rings. The van der Waals surface area contributed by atoms with E-state index in [1.165, 1.54) is 47.4 Å². The van der Waals surface area contributed by atoms with E-state index in [0.717, 1.165) is 6.07 Å². The molecule has 0 spiro atoms. The topological polar surface area (TPSA) is 105 Å². The van der Waals surface area contributed by atoms with Crippen LogP contribution in [0.25, 0.3) is 0 Å². The second-order valence-corrected chi connectivity index (χ2v) is 6.38. The number of nitrogens with one attached hydrogen (secondary N) is 2. The smallest absolute Gasteiger partial charge is 0.366 e. The van der Waals surface area contributed by atoms with Crippen molar-refractivity contribution in [1.29, 1.82) is 0 Å². The summed E-state index contributed by atoms with van der Waals surface area (Å²) < 4.78 is 39.1. The number of anilines is 2. The Balaban J connectivity index is 1.94. The molecule has 160 valence electrons. The molecule has 2 aromatic rings. The summed E-state index contributed by atoms with van der Waals surface area (Å²) in [6.45, 7) is 1.62. The van der Waals surface area contributed by atoms with E-state index >= 15 is 0 Å². The second kappa shape index (κ2) is 9.88. The Hall–Kier alpha value is -3.40. The van der Waals surface area contributed by atoms with E-state index in [0.29, 0.717) is 17.8 Å². The Morgan fingerprint density at radius 2 is 1.50 bits per heavy atom. The molecule has 0 saturated heterocycles. The van der Waals surface area contributed by atoms with Crippen LogP contribution in [-0.4, -0.2) is 42.3 Å². The molecule has 0 aliphatic heterocycles. The summed E-state index contributed by atoms with van der Waals surface area (Å²) in [5.41, 5.74) is 4.59. The van der Waals surface area contributed by atoms with Gasteiger partial charge >= 0.3 is 6.18 Å². The number of carbonyl (C=O) groups is 3. The van der Waals surface area contributed by atoms with E-state index in [1.807, 2.05) is 0 Å². The summed E-state index contributed by atoms with van der Waals surface area (Å²) in [6, 6.07) is 10.6. The lowest BCUT2D eigenvalue weighted by atomic mass is 10.1. The number of para-hydroxylation sites is 1. The average molecular weight is 422 g/mol. The molecule has 7 nitrogen and oxygen atoms in total. The number of alkyl halides is 3. The molecule has 0 atom stereocenters. The standard InChI is InChI=1S/C20H21F3N4O3/c1-2-27(11-17(28)25-14-9-7-13(8-10-14)19(24)30)12-18(29)26-16-6-4-3-5-15(16)20(21,22)23/h3-10H,2,11-12H2,1H3,(H2,24,30)(H,25,28)(H,26,29). The highest BCUT2D eigenvalue weighted by molar-refractivity contribution is 5.96. The monoisotopic (exact) mass is 422 g/mol. The van der Waals surface area contributed by atoms with Crippen molar-refractivity contribution >= 4 is 29.1 Å². The van der Waals surface area contributed by atoms with E-state index in [9.17, 15) is 27.6 Å². The fourth-order valence-electron chi connectivity index (χ4n) is 2.63. The third-order valence-electron chi connectivity index (χ3n) is 4.14. The van der Waals surface area contributed by atoms with Crippen molar-refractivity contribution in [3.05, 3.63) is 59.7 Å². The highest BCUT2D eigenvalue weighted by atomic mass is 19.4. The summed E-state index contributed by atoms with van der Waals surface area (Å²) in [4.78, 5) is 36.9. The maximum atomic E-state index is 13.0. The number of hydrogen-bond donors (Lipinski definition) is 3. The van der Waals surface area contributed by atoms with Gasteiger partial charge in [-0.3, -0.25) is 19.3 Å². The van der Waals surface area contributed by atoms with Gasteiger partial charge in [0.1, 0.15) is 0 Å². The minimum atomic E-state index is -4.60. The van der Waals surface area contributed by atoms with Crippen LogP contribution >= 0.6 is 0 Å².